The maximum Gasteiger partial charge on any atom is 0.289 e. The van der Waals surface area contributed by atoms with Crippen molar-refractivity contribution in [2.24, 2.45) is 5.92 Å². The maximum atomic E-state index is 11.8. The van der Waals surface area contributed by atoms with Crippen molar-refractivity contribution < 1.29 is 4.79 Å². The second kappa shape index (κ2) is 3.83. The van der Waals surface area contributed by atoms with E-state index in [1.165, 1.54) is 6.42 Å². The Morgan fingerprint density at radius 2 is 2.19 bits per heavy atom. The third-order valence-electron chi connectivity index (χ3n) is 3.45. The summed E-state index contributed by atoms with van der Waals surface area (Å²) in [6, 6.07) is 2.59. The van der Waals surface area contributed by atoms with E-state index in [9.17, 15) is 4.79 Å². The van der Waals surface area contributed by atoms with Crippen LogP contribution in [0.15, 0.2) is 18.5 Å². The van der Waals surface area contributed by atoms with Gasteiger partial charge >= 0.3 is 0 Å². The average molecular weight is 218 g/mol. The fraction of sp³-hybridized carbons (Fsp3) is 0.545. The minimum Gasteiger partial charge on any atom is -0.346 e. The van der Waals surface area contributed by atoms with Gasteiger partial charge in [0.05, 0.1) is 0 Å². The summed E-state index contributed by atoms with van der Waals surface area (Å²) in [4.78, 5) is 19.7. The highest BCUT2D eigenvalue weighted by Crippen LogP contribution is 2.31. The van der Waals surface area contributed by atoms with Crippen molar-refractivity contribution in [1.82, 2.24) is 20.6 Å². The molecule has 3 unspecified atom stereocenters. The molecule has 2 aliphatic rings. The predicted octanol–water partition coefficient (Wildman–Crippen LogP) is -0.0432. The Labute approximate surface area is 93.7 Å². The zero-order valence-corrected chi connectivity index (χ0v) is 8.89. The molecule has 16 heavy (non-hydrogen) atoms. The molecule has 2 fully saturated rings. The number of aromatic nitrogens is 2. The predicted molar refractivity (Wildman–Crippen MR) is 57.8 cm³/mol. The molecule has 1 saturated heterocycles. The first-order chi connectivity index (χ1) is 7.83. The van der Waals surface area contributed by atoms with Gasteiger partial charge in [0.1, 0.15) is 0 Å². The standard InChI is InChI=1S/C11H14N4O/c16-11(10-12-2-1-3-13-10)15-9-5-8-4-7(9)6-14-8/h1-3,7-9,14H,4-6H2,(H,15,16). The lowest BCUT2D eigenvalue weighted by Gasteiger charge is -2.22. The van der Waals surface area contributed by atoms with Gasteiger partial charge in [-0.2, -0.15) is 0 Å². The normalized spacial score (nSPS) is 31.6. The molecule has 5 heteroatoms. The van der Waals surface area contributed by atoms with Gasteiger partial charge in [-0.25, -0.2) is 9.97 Å². The van der Waals surface area contributed by atoms with Gasteiger partial charge in [0, 0.05) is 31.0 Å². The molecule has 1 aromatic heterocycles. The molecule has 0 spiro atoms. The second-order valence-corrected chi connectivity index (χ2v) is 4.49. The van der Waals surface area contributed by atoms with Crippen LogP contribution < -0.4 is 10.6 Å². The quantitative estimate of drug-likeness (QED) is 0.730. The number of amides is 1. The molecule has 2 N–H and O–H groups in total. The molecule has 1 aromatic rings. The first kappa shape index (κ1) is 9.72. The topological polar surface area (TPSA) is 66.9 Å². The number of nitrogens with one attached hydrogen (secondary N) is 2. The summed E-state index contributed by atoms with van der Waals surface area (Å²) in [7, 11) is 0. The van der Waals surface area contributed by atoms with Crippen molar-refractivity contribution >= 4 is 5.91 Å². The Bertz CT molecular complexity index is 394. The lowest BCUT2D eigenvalue weighted by molar-refractivity contribution is 0.0914. The highest BCUT2D eigenvalue weighted by atomic mass is 16.2. The van der Waals surface area contributed by atoms with Crippen molar-refractivity contribution in [3.05, 3.63) is 24.3 Å². The van der Waals surface area contributed by atoms with Crippen LogP contribution in [0.4, 0.5) is 0 Å². The molecule has 2 bridgehead atoms. The van der Waals surface area contributed by atoms with Crippen LogP contribution in [-0.4, -0.2) is 34.5 Å². The van der Waals surface area contributed by atoms with E-state index < -0.39 is 0 Å². The van der Waals surface area contributed by atoms with Crippen LogP contribution in [0.2, 0.25) is 0 Å². The van der Waals surface area contributed by atoms with Gasteiger partial charge in [-0.15, -0.1) is 0 Å². The largest absolute Gasteiger partial charge is 0.346 e. The number of fused-ring (bicyclic) bond motifs is 2. The van der Waals surface area contributed by atoms with Crippen molar-refractivity contribution in [2.45, 2.75) is 24.9 Å². The van der Waals surface area contributed by atoms with E-state index in [-0.39, 0.29) is 11.7 Å². The van der Waals surface area contributed by atoms with E-state index in [0.29, 0.717) is 18.0 Å². The lowest BCUT2D eigenvalue weighted by atomic mass is 10.0. The summed E-state index contributed by atoms with van der Waals surface area (Å²) in [5, 5.41) is 6.44. The number of carbonyl (C=O) groups is 1. The van der Waals surface area contributed by atoms with Gasteiger partial charge in [0.25, 0.3) is 5.91 Å². The number of nitrogens with zero attached hydrogens (tertiary/aromatic N) is 2. The molecule has 3 atom stereocenters. The molecule has 3 rings (SSSR count). The van der Waals surface area contributed by atoms with Crippen molar-refractivity contribution in [1.29, 1.82) is 0 Å². The highest BCUT2D eigenvalue weighted by molar-refractivity contribution is 5.90. The fourth-order valence-corrected chi connectivity index (χ4v) is 2.66. The number of hydrogen-bond acceptors (Lipinski definition) is 4. The van der Waals surface area contributed by atoms with E-state index in [1.807, 2.05) is 0 Å². The van der Waals surface area contributed by atoms with Gasteiger partial charge in [-0.3, -0.25) is 4.79 Å². The van der Waals surface area contributed by atoms with Crippen LogP contribution in [0.25, 0.3) is 0 Å². The molecule has 1 saturated carbocycles. The summed E-state index contributed by atoms with van der Waals surface area (Å²) in [5.74, 6) is 0.689. The Balaban J connectivity index is 1.65. The molecular formula is C11H14N4O. The Morgan fingerprint density at radius 1 is 1.38 bits per heavy atom. The van der Waals surface area contributed by atoms with Crippen LogP contribution in [0.5, 0.6) is 0 Å². The van der Waals surface area contributed by atoms with E-state index in [1.54, 1.807) is 18.5 Å². The molecule has 0 aromatic carbocycles. The van der Waals surface area contributed by atoms with Crippen LogP contribution >= 0.6 is 0 Å². The summed E-state index contributed by atoms with van der Waals surface area (Å²) in [6.07, 6.45) is 5.39. The molecule has 1 aliphatic heterocycles. The SMILES string of the molecule is O=C(NC1CC2CC1CN2)c1ncccn1. The number of carbonyl (C=O) groups excluding carboxylic acids is 1. The number of rotatable bonds is 2. The maximum absolute atomic E-state index is 11.8. The first-order valence-corrected chi connectivity index (χ1v) is 5.64. The van der Waals surface area contributed by atoms with Crippen LogP contribution in [0, 0.1) is 5.92 Å². The van der Waals surface area contributed by atoms with Crippen LogP contribution in [-0.2, 0) is 0 Å². The smallest absolute Gasteiger partial charge is 0.289 e. The monoisotopic (exact) mass is 218 g/mol. The number of hydrogen-bond donors (Lipinski definition) is 2. The molecule has 84 valence electrons. The third-order valence-corrected chi connectivity index (χ3v) is 3.45. The zero-order chi connectivity index (χ0) is 11.0. The molecule has 5 nitrogen and oxygen atoms in total. The summed E-state index contributed by atoms with van der Waals surface area (Å²) >= 11 is 0. The van der Waals surface area contributed by atoms with Gasteiger partial charge < -0.3 is 10.6 Å². The Kier molecular flexibility index (Phi) is 2.32. The fourth-order valence-electron chi connectivity index (χ4n) is 2.66. The zero-order valence-electron chi connectivity index (χ0n) is 8.89. The van der Waals surface area contributed by atoms with Gasteiger partial charge in [0.15, 0.2) is 0 Å². The Hall–Kier alpha value is -1.49. The van der Waals surface area contributed by atoms with Gasteiger partial charge in [-0.05, 0) is 24.8 Å². The number of piperidine rings is 1. The van der Waals surface area contributed by atoms with Crippen LogP contribution in [0.3, 0.4) is 0 Å². The second-order valence-electron chi connectivity index (χ2n) is 4.49. The van der Waals surface area contributed by atoms with Gasteiger partial charge in [-0.1, -0.05) is 0 Å². The molecule has 0 radical (unpaired) electrons. The molecule has 1 aliphatic carbocycles. The third kappa shape index (κ3) is 1.67. The lowest BCUT2D eigenvalue weighted by Crippen LogP contribution is -2.44. The molecule has 2 heterocycles. The minimum atomic E-state index is -0.154. The van der Waals surface area contributed by atoms with Crippen molar-refractivity contribution in [3.63, 3.8) is 0 Å². The first-order valence-electron chi connectivity index (χ1n) is 5.64. The van der Waals surface area contributed by atoms with E-state index >= 15 is 0 Å². The van der Waals surface area contributed by atoms with Crippen molar-refractivity contribution in [2.75, 3.05) is 6.54 Å². The van der Waals surface area contributed by atoms with E-state index in [4.69, 9.17) is 0 Å². The summed E-state index contributed by atoms with van der Waals surface area (Å²) in [6.45, 7) is 1.02. The van der Waals surface area contributed by atoms with Crippen molar-refractivity contribution in [3.8, 4) is 0 Å². The average Bonchev–Trinajstić information content (AvgIpc) is 2.92. The molecule has 1 amide bonds. The van der Waals surface area contributed by atoms with Crippen LogP contribution in [0.1, 0.15) is 23.5 Å². The highest BCUT2D eigenvalue weighted by Gasteiger charge is 2.40. The van der Waals surface area contributed by atoms with E-state index in [0.717, 1.165) is 13.0 Å². The Morgan fingerprint density at radius 3 is 2.81 bits per heavy atom. The summed E-state index contributed by atoms with van der Waals surface area (Å²) < 4.78 is 0. The molecular weight excluding hydrogens is 204 g/mol. The van der Waals surface area contributed by atoms with Gasteiger partial charge in [0.2, 0.25) is 5.82 Å². The minimum absolute atomic E-state index is 0.154. The van der Waals surface area contributed by atoms with E-state index in [2.05, 4.69) is 20.6 Å². The summed E-state index contributed by atoms with van der Waals surface area (Å²) in [5.41, 5.74) is 0.